The van der Waals surface area contributed by atoms with Crippen LogP contribution in [0.1, 0.15) is 17.0 Å². The zero-order chi connectivity index (χ0) is 18.0. The smallest absolute Gasteiger partial charge is 0.163 e. The van der Waals surface area contributed by atoms with Crippen molar-refractivity contribution in [1.82, 2.24) is 19.7 Å². The summed E-state index contributed by atoms with van der Waals surface area (Å²) in [6.07, 6.45) is 1.05. The van der Waals surface area contributed by atoms with Gasteiger partial charge < -0.3 is 15.2 Å². The third-order valence-corrected chi connectivity index (χ3v) is 4.04. The molecule has 0 aliphatic heterocycles. The molecule has 1 atom stereocenters. The number of aliphatic hydroxyl groups is 1. The highest BCUT2D eigenvalue weighted by Gasteiger charge is 2.12. The minimum Gasteiger partial charge on any atom is -0.490 e. The molecule has 0 fully saturated rings. The minimum atomic E-state index is -0.666. The number of para-hydroxylation sites is 1. The fourth-order valence-corrected chi connectivity index (χ4v) is 2.75. The Morgan fingerprint density at radius 3 is 2.64 bits per heavy atom. The normalized spacial score (nSPS) is 12.4. The predicted octanol–water partition coefficient (Wildman–Crippen LogP) is 2.14. The molecular weight excluding hydrogens is 318 g/mol. The van der Waals surface area contributed by atoms with Gasteiger partial charge in [0, 0.05) is 13.6 Å². The zero-order valence-corrected chi connectivity index (χ0v) is 14.9. The van der Waals surface area contributed by atoms with Gasteiger partial charge in [0.2, 0.25) is 0 Å². The lowest BCUT2D eigenvalue weighted by Gasteiger charge is -2.16. The van der Waals surface area contributed by atoms with Crippen molar-refractivity contribution in [3.63, 3.8) is 0 Å². The van der Waals surface area contributed by atoms with Gasteiger partial charge in [-0.2, -0.15) is 5.10 Å². The second-order valence-electron chi connectivity index (χ2n) is 6.19. The van der Waals surface area contributed by atoms with Crippen molar-refractivity contribution in [2.45, 2.75) is 26.9 Å². The summed E-state index contributed by atoms with van der Waals surface area (Å²) in [4.78, 5) is 8.79. The van der Waals surface area contributed by atoms with E-state index in [4.69, 9.17) is 4.74 Å². The molecular formula is C18H23N5O2. The first-order valence-corrected chi connectivity index (χ1v) is 8.23. The highest BCUT2D eigenvalue weighted by molar-refractivity contribution is 5.86. The van der Waals surface area contributed by atoms with Gasteiger partial charge in [-0.25, -0.2) is 9.97 Å². The highest BCUT2D eigenvalue weighted by atomic mass is 16.5. The van der Waals surface area contributed by atoms with Crippen LogP contribution in [-0.4, -0.2) is 44.1 Å². The van der Waals surface area contributed by atoms with E-state index in [9.17, 15) is 5.11 Å². The fourth-order valence-electron chi connectivity index (χ4n) is 2.75. The van der Waals surface area contributed by atoms with E-state index in [1.807, 2.05) is 46.0 Å². The van der Waals surface area contributed by atoms with Crippen LogP contribution in [-0.2, 0) is 7.05 Å². The average molecular weight is 341 g/mol. The van der Waals surface area contributed by atoms with E-state index < -0.39 is 6.10 Å². The van der Waals surface area contributed by atoms with Crippen LogP contribution in [0.2, 0.25) is 0 Å². The predicted molar refractivity (Wildman–Crippen MR) is 96.9 cm³/mol. The van der Waals surface area contributed by atoms with Crippen LogP contribution in [0.25, 0.3) is 11.0 Å². The third kappa shape index (κ3) is 3.71. The van der Waals surface area contributed by atoms with Crippen LogP contribution < -0.4 is 10.1 Å². The van der Waals surface area contributed by atoms with Crippen molar-refractivity contribution in [1.29, 1.82) is 0 Å². The number of anilines is 1. The van der Waals surface area contributed by atoms with E-state index in [0.29, 0.717) is 18.2 Å². The average Bonchev–Trinajstić information content (AvgIpc) is 2.93. The van der Waals surface area contributed by atoms with Gasteiger partial charge in [-0.15, -0.1) is 0 Å². The first-order chi connectivity index (χ1) is 12.0. The molecule has 0 spiro atoms. The summed E-state index contributed by atoms with van der Waals surface area (Å²) >= 11 is 0. The Kier molecular flexibility index (Phi) is 4.85. The lowest BCUT2D eigenvalue weighted by atomic mass is 10.1. The lowest BCUT2D eigenvalue weighted by Crippen LogP contribution is -2.27. The molecule has 0 saturated carbocycles. The van der Waals surface area contributed by atoms with Crippen molar-refractivity contribution in [2.24, 2.45) is 7.05 Å². The highest BCUT2D eigenvalue weighted by Crippen LogP contribution is 2.23. The molecule has 2 heterocycles. The molecule has 1 unspecified atom stereocenters. The summed E-state index contributed by atoms with van der Waals surface area (Å²) in [6, 6.07) is 5.98. The topological polar surface area (TPSA) is 85.1 Å². The van der Waals surface area contributed by atoms with Gasteiger partial charge in [0.05, 0.1) is 11.6 Å². The number of benzene rings is 1. The molecule has 0 amide bonds. The first kappa shape index (κ1) is 17.2. The van der Waals surface area contributed by atoms with E-state index in [1.165, 1.54) is 0 Å². The van der Waals surface area contributed by atoms with Crippen molar-refractivity contribution < 1.29 is 9.84 Å². The Morgan fingerprint density at radius 2 is 1.92 bits per heavy atom. The molecule has 0 aliphatic rings. The van der Waals surface area contributed by atoms with Crippen molar-refractivity contribution >= 4 is 16.9 Å². The Balaban J connectivity index is 1.64. The maximum absolute atomic E-state index is 10.2. The zero-order valence-electron chi connectivity index (χ0n) is 14.9. The lowest BCUT2D eigenvalue weighted by molar-refractivity contribution is 0.117. The molecule has 0 aliphatic carbocycles. The Labute approximate surface area is 146 Å². The maximum atomic E-state index is 10.2. The van der Waals surface area contributed by atoms with Gasteiger partial charge in [-0.05, 0) is 31.9 Å². The number of nitrogens with zero attached hydrogens (tertiary/aromatic N) is 4. The monoisotopic (exact) mass is 341 g/mol. The second-order valence-corrected chi connectivity index (χ2v) is 6.19. The molecule has 0 radical (unpaired) electrons. The number of hydrogen-bond acceptors (Lipinski definition) is 6. The molecule has 0 bridgehead atoms. The number of rotatable bonds is 6. The SMILES string of the molecule is Cc1nc(NCC(O)COc2c(C)cccc2C)c2cnn(C)c2n1. The van der Waals surface area contributed by atoms with E-state index in [1.54, 1.807) is 10.9 Å². The molecule has 2 N–H and O–H groups in total. The fraction of sp³-hybridized carbons (Fsp3) is 0.389. The summed E-state index contributed by atoms with van der Waals surface area (Å²) < 4.78 is 7.50. The molecule has 25 heavy (non-hydrogen) atoms. The van der Waals surface area contributed by atoms with Crippen LogP contribution in [0.3, 0.4) is 0 Å². The van der Waals surface area contributed by atoms with Crippen LogP contribution in [0, 0.1) is 20.8 Å². The summed E-state index contributed by atoms with van der Waals surface area (Å²) in [5.74, 6) is 2.15. The number of aryl methyl sites for hydroxylation is 4. The Bertz CT molecular complexity index is 870. The third-order valence-electron chi connectivity index (χ3n) is 4.04. The van der Waals surface area contributed by atoms with E-state index in [0.717, 1.165) is 27.9 Å². The van der Waals surface area contributed by atoms with Gasteiger partial charge in [0.1, 0.15) is 30.1 Å². The maximum Gasteiger partial charge on any atom is 0.163 e. The van der Waals surface area contributed by atoms with Gasteiger partial charge in [0.15, 0.2) is 5.65 Å². The molecule has 132 valence electrons. The van der Waals surface area contributed by atoms with E-state index in [2.05, 4.69) is 20.4 Å². The quantitative estimate of drug-likeness (QED) is 0.714. The Hall–Kier alpha value is -2.67. The number of ether oxygens (including phenoxy) is 1. The Morgan fingerprint density at radius 1 is 1.20 bits per heavy atom. The number of hydrogen-bond donors (Lipinski definition) is 2. The summed E-state index contributed by atoms with van der Waals surface area (Å²) in [6.45, 7) is 6.36. The molecule has 0 saturated heterocycles. The molecule has 2 aromatic heterocycles. The minimum absolute atomic E-state index is 0.207. The molecule has 7 nitrogen and oxygen atoms in total. The molecule has 1 aromatic carbocycles. The van der Waals surface area contributed by atoms with Crippen molar-refractivity contribution in [2.75, 3.05) is 18.5 Å². The summed E-state index contributed by atoms with van der Waals surface area (Å²) in [7, 11) is 1.84. The van der Waals surface area contributed by atoms with Crippen LogP contribution in [0.5, 0.6) is 5.75 Å². The van der Waals surface area contributed by atoms with E-state index >= 15 is 0 Å². The van der Waals surface area contributed by atoms with Gasteiger partial charge in [-0.3, -0.25) is 4.68 Å². The second kappa shape index (κ2) is 7.06. The number of aromatic nitrogens is 4. The molecule has 3 rings (SSSR count). The van der Waals surface area contributed by atoms with Gasteiger partial charge >= 0.3 is 0 Å². The first-order valence-electron chi connectivity index (χ1n) is 8.23. The standard InChI is InChI=1S/C18H23N5O2/c1-11-6-5-7-12(2)16(11)25-10-14(24)8-19-17-15-9-20-23(4)18(15)22-13(3)21-17/h5-7,9,14,24H,8,10H2,1-4H3,(H,19,21,22). The number of fused-ring (bicyclic) bond motifs is 1. The van der Waals surface area contributed by atoms with Crippen molar-refractivity contribution in [3.05, 3.63) is 41.3 Å². The van der Waals surface area contributed by atoms with E-state index in [-0.39, 0.29) is 6.61 Å². The van der Waals surface area contributed by atoms with Crippen LogP contribution >= 0.6 is 0 Å². The molecule has 7 heteroatoms. The molecule has 3 aromatic rings. The largest absolute Gasteiger partial charge is 0.490 e. The van der Waals surface area contributed by atoms with Crippen LogP contribution in [0.15, 0.2) is 24.4 Å². The summed E-state index contributed by atoms with van der Waals surface area (Å²) in [5.41, 5.74) is 2.88. The summed E-state index contributed by atoms with van der Waals surface area (Å²) in [5, 5.41) is 18.5. The van der Waals surface area contributed by atoms with Gasteiger partial charge in [0.25, 0.3) is 0 Å². The number of nitrogens with one attached hydrogen (secondary N) is 1. The van der Waals surface area contributed by atoms with Crippen LogP contribution in [0.4, 0.5) is 5.82 Å². The van der Waals surface area contributed by atoms with Crippen molar-refractivity contribution in [3.8, 4) is 5.75 Å². The number of aliphatic hydroxyl groups excluding tert-OH is 1. The van der Waals surface area contributed by atoms with Gasteiger partial charge in [-0.1, -0.05) is 18.2 Å².